The number of carbonyl (C=O) groups excluding carboxylic acids is 1. The molecule has 0 saturated carbocycles. The highest BCUT2D eigenvalue weighted by molar-refractivity contribution is 6.42. The molecule has 7 heteroatoms. The molecule has 0 aliphatic carbocycles. The van der Waals surface area contributed by atoms with Gasteiger partial charge in [-0.1, -0.05) is 29.3 Å². The number of amides is 1. The van der Waals surface area contributed by atoms with Crippen LogP contribution < -0.4 is 0 Å². The number of nitrogens with zero attached hydrogens (tertiary/aromatic N) is 2. The Morgan fingerprint density at radius 1 is 1.24 bits per heavy atom. The van der Waals surface area contributed by atoms with Gasteiger partial charge in [0.25, 0.3) is 0 Å². The lowest BCUT2D eigenvalue weighted by molar-refractivity contribution is -0.143. The number of carboxylic acid groups (broad SMARTS) is 1. The van der Waals surface area contributed by atoms with Gasteiger partial charge in [0.1, 0.15) is 6.04 Å². The summed E-state index contributed by atoms with van der Waals surface area (Å²) in [5.74, 6) is -1.13. The maximum absolute atomic E-state index is 12.1. The smallest absolute Gasteiger partial charge is 0.320 e. The summed E-state index contributed by atoms with van der Waals surface area (Å²) >= 11 is 11.8. The van der Waals surface area contributed by atoms with Gasteiger partial charge in [-0.25, -0.2) is 0 Å². The van der Waals surface area contributed by atoms with E-state index in [2.05, 4.69) is 0 Å². The Kier molecular flexibility index (Phi) is 6.45. The van der Waals surface area contributed by atoms with Gasteiger partial charge in [-0.15, -0.1) is 0 Å². The number of halogens is 2. The van der Waals surface area contributed by atoms with E-state index in [1.165, 1.54) is 16.7 Å². The molecule has 1 atom stereocenters. The summed E-state index contributed by atoms with van der Waals surface area (Å²) in [6.45, 7) is 1.95. The highest BCUT2D eigenvalue weighted by atomic mass is 35.5. The van der Waals surface area contributed by atoms with Crippen molar-refractivity contribution in [2.45, 2.75) is 19.5 Å². The van der Waals surface area contributed by atoms with Gasteiger partial charge in [0.2, 0.25) is 5.91 Å². The third-order valence-electron chi connectivity index (χ3n) is 3.23. The Balaban J connectivity index is 2.62. The summed E-state index contributed by atoms with van der Waals surface area (Å²) in [6, 6.07) is 4.46. The minimum Gasteiger partial charge on any atom is -0.480 e. The minimum absolute atomic E-state index is 0.0330. The molecule has 0 saturated heterocycles. The van der Waals surface area contributed by atoms with Crippen molar-refractivity contribution in [2.75, 3.05) is 20.6 Å². The van der Waals surface area contributed by atoms with Crippen molar-refractivity contribution >= 4 is 35.1 Å². The zero-order chi connectivity index (χ0) is 16.2. The average molecular weight is 333 g/mol. The first-order valence-corrected chi connectivity index (χ1v) is 7.09. The number of likely N-dealkylation sites (N-methyl/N-ethyl adjacent to an activating group) is 2. The zero-order valence-corrected chi connectivity index (χ0v) is 13.6. The van der Waals surface area contributed by atoms with Crippen LogP contribution in [0.25, 0.3) is 0 Å². The van der Waals surface area contributed by atoms with Crippen LogP contribution in [0.15, 0.2) is 18.2 Å². The van der Waals surface area contributed by atoms with E-state index in [1.54, 1.807) is 32.3 Å². The molecule has 1 rings (SSSR count). The van der Waals surface area contributed by atoms with Crippen molar-refractivity contribution < 1.29 is 14.7 Å². The van der Waals surface area contributed by atoms with E-state index >= 15 is 0 Å². The third-order valence-corrected chi connectivity index (χ3v) is 3.97. The van der Waals surface area contributed by atoms with Crippen molar-refractivity contribution in [2.24, 2.45) is 0 Å². The topological polar surface area (TPSA) is 60.9 Å². The van der Waals surface area contributed by atoms with E-state index in [4.69, 9.17) is 28.3 Å². The molecule has 0 radical (unpaired) electrons. The monoisotopic (exact) mass is 332 g/mol. The van der Waals surface area contributed by atoms with Gasteiger partial charge in [0, 0.05) is 13.6 Å². The van der Waals surface area contributed by atoms with Crippen LogP contribution in [0.1, 0.15) is 12.5 Å². The van der Waals surface area contributed by atoms with Crippen LogP contribution >= 0.6 is 23.2 Å². The van der Waals surface area contributed by atoms with E-state index in [9.17, 15) is 9.59 Å². The molecule has 1 amide bonds. The summed E-state index contributed by atoms with van der Waals surface area (Å²) < 4.78 is 0. The van der Waals surface area contributed by atoms with E-state index in [0.29, 0.717) is 16.6 Å². The Labute approximate surface area is 134 Å². The van der Waals surface area contributed by atoms with Crippen molar-refractivity contribution in [1.82, 2.24) is 9.80 Å². The molecule has 1 unspecified atom stereocenters. The van der Waals surface area contributed by atoms with E-state index in [0.717, 1.165) is 5.56 Å². The maximum Gasteiger partial charge on any atom is 0.320 e. The van der Waals surface area contributed by atoms with Gasteiger partial charge in [-0.05, 0) is 31.7 Å². The highest BCUT2D eigenvalue weighted by Crippen LogP contribution is 2.23. The van der Waals surface area contributed by atoms with Crippen molar-refractivity contribution in [3.8, 4) is 0 Å². The summed E-state index contributed by atoms with van der Waals surface area (Å²) in [4.78, 5) is 25.9. The molecule has 116 valence electrons. The van der Waals surface area contributed by atoms with Crippen LogP contribution in [0.2, 0.25) is 10.0 Å². The molecule has 0 spiro atoms. The lowest BCUT2D eigenvalue weighted by Gasteiger charge is -2.24. The fraction of sp³-hybridized carbons (Fsp3) is 0.429. The maximum atomic E-state index is 12.1. The van der Waals surface area contributed by atoms with Crippen LogP contribution in [0.4, 0.5) is 0 Å². The fourth-order valence-corrected chi connectivity index (χ4v) is 1.98. The van der Waals surface area contributed by atoms with Crippen molar-refractivity contribution in [1.29, 1.82) is 0 Å². The van der Waals surface area contributed by atoms with Crippen LogP contribution in [0.5, 0.6) is 0 Å². The Hall–Kier alpha value is -1.30. The largest absolute Gasteiger partial charge is 0.480 e. The quantitative estimate of drug-likeness (QED) is 0.868. The van der Waals surface area contributed by atoms with E-state index in [-0.39, 0.29) is 12.5 Å². The van der Waals surface area contributed by atoms with Gasteiger partial charge in [-0.2, -0.15) is 0 Å². The molecule has 0 fully saturated rings. The molecular formula is C14H18Cl2N2O3. The molecule has 0 aromatic heterocycles. The second kappa shape index (κ2) is 7.64. The van der Waals surface area contributed by atoms with Crippen LogP contribution in [-0.4, -0.2) is 53.5 Å². The normalized spacial score (nSPS) is 12.3. The number of carboxylic acids is 1. The lowest BCUT2D eigenvalue weighted by atomic mass is 10.2. The van der Waals surface area contributed by atoms with Crippen molar-refractivity contribution in [3.63, 3.8) is 0 Å². The summed E-state index contributed by atoms with van der Waals surface area (Å²) in [5, 5.41) is 9.80. The molecule has 0 bridgehead atoms. The SMILES string of the molecule is CC(C(=O)O)N(C)CC(=O)N(C)Cc1ccc(Cl)c(Cl)c1. The van der Waals surface area contributed by atoms with Crippen LogP contribution in [0, 0.1) is 0 Å². The fourth-order valence-electron chi connectivity index (χ4n) is 1.66. The summed E-state index contributed by atoms with van der Waals surface area (Å²) in [6.07, 6.45) is 0. The van der Waals surface area contributed by atoms with Crippen LogP contribution in [0.3, 0.4) is 0 Å². The Bertz CT molecular complexity index is 537. The predicted molar refractivity (Wildman–Crippen MR) is 82.7 cm³/mol. The number of aliphatic carboxylic acids is 1. The average Bonchev–Trinajstić information content (AvgIpc) is 2.41. The summed E-state index contributed by atoms with van der Waals surface area (Å²) in [5.41, 5.74) is 0.856. The second-order valence-corrected chi connectivity index (χ2v) is 5.74. The van der Waals surface area contributed by atoms with E-state index < -0.39 is 12.0 Å². The van der Waals surface area contributed by atoms with Gasteiger partial charge in [-0.3, -0.25) is 14.5 Å². The molecule has 0 aliphatic heterocycles. The molecule has 5 nitrogen and oxygen atoms in total. The van der Waals surface area contributed by atoms with Crippen LogP contribution in [-0.2, 0) is 16.1 Å². The lowest BCUT2D eigenvalue weighted by Crippen LogP contribution is -2.43. The van der Waals surface area contributed by atoms with E-state index in [1.807, 2.05) is 0 Å². The first kappa shape index (κ1) is 17.8. The predicted octanol–water partition coefficient (Wildman–Crippen LogP) is 2.36. The standard InChI is InChI=1S/C14H18Cl2N2O3/c1-9(14(20)21)17(2)8-13(19)18(3)7-10-4-5-11(15)12(16)6-10/h4-6,9H,7-8H2,1-3H3,(H,20,21). The molecule has 0 aliphatic rings. The zero-order valence-electron chi connectivity index (χ0n) is 12.1. The Morgan fingerprint density at radius 2 is 1.86 bits per heavy atom. The van der Waals surface area contributed by atoms with Gasteiger partial charge < -0.3 is 10.0 Å². The second-order valence-electron chi connectivity index (χ2n) is 4.93. The number of carbonyl (C=O) groups is 2. The van der Waals surface area contributed by atoms with Gasteiger partial charge in [0.05, 0.1) is 16.6 Å². The first-order chi connectivity index (χ1) is 9.72. The molecular weight excluding hydrogens is 315 g/mol. The molecule has 1 aromatic carbocycles. The first-order valence-electron chi connectivity index (χ1n) is 6.33. The number of hydrogen-bond acceptors (Lipinski definition) is 3. The number of rotatable bonds is 6. The minimum atomic E-state index is -0.961. The molecule has 21 heavy (non-hydrogen) atoms. The Morgan fingerprint density at radius 3 is 2.38 bits per heavy atom. The van der Waals surface area contributed by atoms with Gasteiger partial charge >= 0.3 is 5.97 Å². The highest BCUT2D eigenvalue weighted by Gasteiger charge is 2.20. The number of benzene rings is 1. The molecule has 1 aromatic rings. The third kappa shape index (κ3) is 5.19. The van der Waals surface area contributed by atoms with Gasteiger partial charge in [0.15, 0.2) is 0 Å². The molecule has 1 N–H and O–H groups in total. The molecule has 0 heterocycles. The number of hydrogen-bond donors (Lipinski definition) is 1. The summed E-state index contributed by atoms with van der Waals surface area (Å²) in [7, 11) is 3.26. The van der Waals surface area contributed by atoms with Crippen molar-refractivity contribution in [3.05, 3.63) is 33.8 Å².